The molecule has 0 bridgehead atoms. The fourth-order valence-electron chi connectivity index (χ4n) is 1.84. The topological polar surface area (TPSA) is 21.3 Å². The molecule has 4 heteroatoms. The molecule has 2 rings (SSSR count). The Hall–Kier alpha value is -1.03. The maximum atomic E-state index is 5.95. The van der Waals surface area contributed by atoms with Gasteiger partial charge < -0.3 is 10.1 Å². The van der Waals surface area contributed by atoms with E-state index in [2.05, 4.69) is 32.2 Å². The monoisotopic (exact) mass is 309 g/mol. The van der Waals surface area contributed by atoms with Gasteiger partial charge in [-0.2, -0.15) is 0 Å². The third kappa shape index (κ3) is 4.51. The van der Waals surface area contributed by atoms with Crippen LogP contribution >= 0.6 is 22.9 Å². The van der Waals surface area contributed by atoms with Crippen LogP contribution in [0.3, 0.4) is 0 Å². The van der Waals surface area contributed by atoms with Gasteiger partial charge in [-0.15, -0.1) is 11.3 Å². The summed E-state index contributed by atoms with van der Waals surface area (Å²) in [5, 5.41) is 4.14. The molecular weight excluding hydrogens is 290 g/mol. The molecule has 0 saturated carbocycles. The van der Waals surface area contributed by atoms with Crippen LogP contribution in [0.2, 0.25) is 5.02 Å². The highest BCUT2D eigenvalue weighted by atomic mass is 35.5. The molecule has 0 atom stereocenters. The molecule has 0 amide bonds. The highest BCUT2D eigenvalue weighted by Gasteiger charge is 2.07. The molecule has 0 aliphatic carbocycles. The van der Waals surface area contributed by atoms with Crippen LogP contribution < -0.4 is 10.1 Å². The summed E-state index contributed by atoms with van der Waals surface area (Å²) in [5.41, 5.74) is 1.25. The standard InChI is InChI=1S/C16H20ClNOS/c1-11(2)18-9-16-7-13(12(3)20-16)10-19-15-6-4-5-14(17)8-15/h4-8,11,18H,9-10H2,1-3H3. The van der Waals surface area contributed by atoms with E-state index in [4.69, 9.17) is 16.3 Å². The van der Waals surface area contributed by atoms with E-state index in [0.717, 1.165) is 12.3 Å². The van der Waals surface area contributed by atoms with Crippen molar-refractivity contribution < 1.29 is 4.74 Å². The summed E-state index contributed by atoms with van der Waals surface area (Å²) in [6.07, 6.45) is 0. The molecule has 1 aromatic heterocycles. The summed E-state index contributed by atoms with van der Waals surface area (Å²) in [5.74, 6) is 0.810. The molecule has 0 aliphatic rings. The van der Waals surface area contributed by atoms with Crippen molar-refractivity contribution in [3.8, 4) is 5.75 Å². The molecule has 108 valence electrons. The van der Waals surface area contributed by atoms with E-state index >= 15 is 0 Å². The molecule has 2 nitrogen and oxygen atoms in total. The highest BCUT2D eigenvalue weighted by Crippen LogP contribution is 2.24. The Labute approximate surface area is 129 Å². The quantitative estimate of drug-likeness (QED) is 0.828. The minimum Gasteiger partial charge on any atom is -0.489 e. The van der Waals surface area contributed by atoms with Gasteiger partial charge in [0.25, 0.3) is 0 Å². The zero-order valence-electron chi connectivity index (χ0n) is 12.1. The van der Waals surface area contributed by atoms with Crippen LogP contribution in [0.5, 0.6) is 5.75 Å². The number of hydrogen-bond donors (Lipinski definition) is 1. The second kappa shape index (κ2) is 7.11. The molecule has 0 saturated heterocycles. The van der Waals surface area contributed by atoms with Gasteiger partial charge in [-0.3, -0.25) is 0 Å². The van der Waals surface area contributed by atoms with Crippen LogP contribution in [0.25, 0.3) is 0 Å². The van der Waals surface area contributed by atoms with E-state index in [1.54, 1.807) is 0 Å². The number of nitrogens with one attached hydrogen (secondary N) is 1. The van der Waals surface area contributed by atoms with Crippen molar-refractivity contribution >= 4 is 22.9 Å². The molecule has 1 aromatic carbocycles. The van der Waals surface area contributed by atoms with Crippen LogP contribution in [0.15, 0.2) is 30.3 Å². The number of aryl methyl sites for hydroxylation is 1. The van der Waals surface area contributed by atoms with Crippen LogP contribution in [0.4, 0.5) is 0 Å². The number of rotatable bonds is 6. The van der Waals surface area contributed by atoms with Crippen molar-refractivity contribution in [2.45, 2.75) is 40.0 Å². The molecule has 1 N–H and O–H groups in total. The Bertz CT molecular complexity index is 565. The molecule has 0 fully saturated rings. The van der Waals surface area contributed by atoms with E-state index in [9.17, 15) is 0 Å². The number of thiophene rings is 1. The van der Waals surface area contributed by atoms with Crippen molar-refractivity contribution in [1.29, 1.82) is 0 Å². The Morgan fingerprint density at radius 2 is 2.10 bits per heavy atom. The van der Waals surface area contributed by atoms with Crippen molar-refractivity contribution in [3.05, 3.63) is 50.7 Å². The first-order valence-corrected chi connectivity index (χ1v) is 7.94. The Balaban J connectivity index is 1.96. The molecule has 20 heavy (non-hydrogen) atoms. The summed E-state index contributed by atoms with van der Waals surface area (Å²) in [4.78, 5) is 2.66. The molecule has 0 radical (unpaired) electrons. The fourth-order valence-corrected chi connectivity index (χ4v) is 3.02. The molecule has 2 aromatic rings. The van der Waals surface area contributed by atoms with Crippen molar-refractivity contribution in [3.63, 3.8) is 0 Å². The minimum atomic E-state index is 0.503. The first kappa shape index (κ1) is 15.4. The molecule has 1 heterocycles. The maximum absolute atomic E-state index is 5.95. The average molecular weight is 310 g/mol. The Kier molecular flexibility index (Phi) is 5.46. The zero-order chi connectivity index (χ0) is 14.5. The van der Waals surface area contributed by atoms with Gasteiger partial charge in [0.05, 0.1) is 0 Å². The normalized spacial score (nSPS) is 11.1. The lowest BCUT2D eigenvalue weighted by Crippen LogP contribution is -2.21. The third-order valence-electron chi connectivity index (χ3n) is 2.95. The molecule has 0 unspecified atom stereocenters. The van der Waals surface area contributed by atoms with Gasteiger partial charge in [-0.05, 0) is 31.2 Å². The molecule has 0 spiro atoms. The van der Waals surface area contributed by atoms with Gasteiger partial charge in [0, 0.05) is 32.9 Å². The predicted molar refractivity (Wildman–Crippen MR) is 86.8 cm³/mol. The summed E-state index contributed by atoms with van der Waals surface area (Å²) in [6.45, 7) is 7.96. The smallest absolute Gasteiger partial charge is 0.121 e. The van der Waals surface area contributed by atoms with Gasteiger partial charge >= 0.3 is 0 Å². The Morgan fingerprint density at radius 1 is 1.30 bits per heavy atom. The van der Waals surface area contributed by atoms with E-state index in [0.29, 0.717) is 17.7 Å². The second-order valence-corrected chi connectivity index (χ2v) is 6.85. The van der Waals surface area contributed by atoms with E-state index in [1.807, 2.05) is 35.6 Å². The van der Waals surface area contributed by atoms with Gasteiger partial charge in [0.15, 0.2) is 0 Å². The average Bonchev–Trinajstić information content (AvgIpc) is 2.75. The summed E-state index contributed by atoms with van der Waals surface area (Å²) >= 11 is 7.77. The van der Waals surface area contributed by atoms with Crippen molar-refractivity contribution in [2.24, 2.45) is 0 Å². The maximum Gasteiger partial charge on any atom is 0.121 e. The minimum absolute atomic E-state index is 0.503. The van der Waals surface area contributed by atoms with Gasteiger partial charge in [-0.25, -0.2) is 0 Å². The Morgan fingerprint density at radius 3 is 2.80 bits per heavy atom. The van der Waals surface area contributed by atoms with Gasteiger partial charge in [-0.1, -0.05) is 31.5 Å². The number of halogens is 1. The first-order valence-electron chi connectivity index (χ1n) is 6.74. The predicted octanol–water partition coefficient (Wildman–Crippen LogP) is 4.79. The first-order chi connectivity index (χ1) is 9.54. The van der Waals surface area contributed by atoms with Crippen molar-refractivity contribution in [2.75, 3.05) is 0 Å². The van der Waals surface area contributed by atoms with Gasteiger partial charge in [0.2, 0.25) is 0 Å². The van der Waals surface area contributed by atoms with Crippen LogP contribution in [-0.2, 0) is 13.2 Å². The zero-order valence-corrected chi connectivity index (χ0v) is 13.6. The third-order valence-corrected chi connectivity index (χ3v) is 4.27. The summed E-state index contributed by atoms with van der Waals surface area (Å²) in [7, 11) is 0. The largest absolute Gasteiger partial charge is 0.489 e. The van der Waals surface area contributed by atoms with Crippen LogP contribution in [0, 0.1) is 6.92 Å². The number of ether oxygens (including phenoxy) is 1. The number of hydrogen-bond acceptors (Lipinski definition) is 3. The van der Waals surface area contributed by atoms with E-state index < -0.39 is 0 Å². The number of benzene rings is 1. The lowest BCUT2D eigenvalue weighted by atomic mass is 10.2. The molecular formula is C16H20ClNOS. The van der Waals surface area contributed by atoms with Crippen molar-refractivity contribution in [1.82, 2.24) is 5.32 Å². The van der Waals surface area contributed by atoms with Crippen LogP contribution in [-0.4, -0.2) is 6.04 Å². The lowest BCUT2D eigenvalue weighted by Gasteiger charge is -2.06. The van der Waals surface area contributed by atoms with Gasteiger partial charge in [0.1, 0.15) is 12.4 Å². The van der Waals surface area contributed by atoms with E-state index in [1.165, 1.54) is 15.3 Å². The second-order valence-electron chi connectivity index (χ2n) is 5.08. The SMILES string of the molecule is Cc1sc(CNC(C)C)cc1COc1cccc(Cl)c1. The fraction of sp³-hybridized carbons (Fsp3) is 0.375. The lowest BCUT2D eigenvalue weighted by molar-refractivity contribution is 0.306. The van der Waals surface area contributed by atoms with E-state index in [-0.39, 0.29) is 0 Å². The summed E-state index contributed by atoms with van der Waals surface area (Å²) in [6, 6.07) is 10.2. The molecule has 0 aliphatic heterocycles. The summed E-state index contributed by atoms with van der Waals surface area (Å²) < 4.78 is 5.79. The highest BCUT2D eigenvalue weighted by molar-refractivity contribution is 7.12. The van der Waals surface area contributed by atoms with Crippen LogP contribution in [0.1, 0.15) is 29.2 Å².